The molecule has 1 unspecified atom stereocenters. The second-order valence-electron chi connectivity index (χ2n) is 10.9. The predicted octanol–water partition coefficient (Wildman–Crippen LogP) is 6.61. The third kappa shape index (κ3) is 6.67. The van der Waals surface area contributed by atoms with Gasteiger partial charge in [-0.05, 0) is 110 Å². The van der Waals surface area contributed by atoms with E-state index in [0.717, 1.165) is 61.8 Å². The lowest BCUT2D eigenvalue weighted by molar-refractivity contribution is 0.270. The molecule has 6 heteroatoms. The van der Waals surface area contributed by atoms with Crippen LogP contribution in [0.15, 0.2) is 54.6 Å². The molecule has 3 aromatic carbocycles. The van der Waals surface area contributed by atoms with E-state index >= 15 is 0 Å². The van der Waals surface area contributed by atoms with Gasteiger partial charge in [-0.1, -0.05) is 24.6 Å². The molecule has 2 N–H and O–H groups in total. The van der Waals surface area contributed by atoms with E-state index in [0.29, 0.717) is 30.6 Å². The number of phenolic OH excluding ortho intramolecular Hbond substituents is 1. The molecular formula is C33H41FN2O3. The number of hydrogen-bond donors (Lipinski definition) is 2. The highest BCUT2D eigenvalue weighted by Gasteiger charge is 2.25. The predicted molar refractivity (Wildman–Crippen MR) is 155 cm³/mol. The van der Waals surface area contributed by atoms with Crippen molar-refractivity contribution in [3.63, 3.8) is 0 Å². The van der Waals surface area contributed by atoms with Crippen LogP contribution in [0, 0.1) is 11.7 Å². The highest BCUT2D eigenvalue weighted by atomic mass is 19.1. The van der Waals surface area contributed by atoms with Gasteiger partial charge in [-0.25, -0.2) is 4.39 Å². The maximum atomic E-state index is 15.0. The van der Waals surface area contributed by atoms with Crippen LogP contribution in [0.25, 0.3) is 0 Å². The van der Waals surface area contributed by atoms with Crippen molar-refractivity contribution in [2.75, 3.05) is 38.3 Å². The lowest BCUT2D eigenvalue weighted by Crippen LogP contribution is -2.30. The van der Waals surface area contributed by atoms with Gasteiger partial charge in [0.1, 0.15) is 18.1 Å². The number of nitrogens with zero attached hydrogens (tertiary/aromatic N) is 1. The maximum absolute atomic E-state index is 15.0. The fourth-order valence-electron chi connectivity index (χ4n) is 5.86. The summed E-state index contributed by atoms with van der Waals surface area (Å²) in [5.41, 5.74) is 5.85. The maximum Gasteiger partial charge on any atom is 0.165 e. The van der Waals surface area contributed by atoms with Crippen LogP contribution in [0.1, 0.15) is 60.8 Å². The molecule has 5 nitrogen and oxygen atoms in total. The molecule has 0 bridgehead atoms. The van der Waals surface area contributed by atoms with Gasteiger partial charge in [-0.15, -0.1) is 0 Å². The van der Waals surface area contributed by atoms with Gasteiger partial charge in [0.25, 0.3) is 0 Å². The molecule has 2 aliphatic carbocycles. The SMILES string of the molecule is CCN(Cc1ccc(OCCNCC2CCC2)c(F)c1)c1cc(OC)ccc1C1CCc2cc(O)ccc2C1. The first kappa shape index (κ1) is 27.3. The summed E-state index contributed by atoms with van der Waals surface area (Å²) < 4.78 is 26.3. The molecule has 0 saturated heterocycles. The van der Waals surface area contributed by atoms with Crippen LogP contribution in [-0.2, 0) is 19.4 Å². The van der Waals surface area contributed by atoms with E-state index in [4.69, 9.17) is 9.47 Å². The van der Waals surface area contributed by atoms with Crippen LogP contribution in [0.2, 0.25) is 0 Å². The Kier molecular flexibility index (Phi) is 8.92. The van der Waals surface area contributed by atoms with Crippen molar-refractivity contribution in [1.29, 1.82) is 0 Å². The zero-order chi connectivity index (χ0) is 27.2. The van der Waals surface area contributed by atoms with Gasteiger partial charge in [-0.2, -0.15) is 0 Å². The average molecular weight is 533 g/mol. The van der Waals surface area contributed by atoms with Crippen LogP contribution < -0.4 is 19.7 Å². The van der Waals surface area contributed by atoms with Gasteiger partial charge in [0.05, 0.1) is 7.11 Å². The Balaban J connectivity index is 1.27. The Morgan fingerprint density at radius 3 is 2.64 bits per heavy atom. The number of halogens is 1. The third-order valence-electron chi connectivity index (χ3n) is 8.38. The van der Waals surface area contributed by atoms with Crippen LogP contribution in [-0.4, -0.2) is 38.5 Å². The first-order valence-corrected chi connectivity index (χ1v) is 14.4. The fourth-order valence-corrected chi connectivity index (χ4v) is 5.86. The van der Waals surface area contributed by atoms with Gasteiger partial charge in [0.15, 0.2) is 11.6 Å². The lowest BCUT2D eigenvalue weighted by atomic mass is 9.79. The van der Waals surface area contributed by atoms with E-state index in [1.54, 1.807) is 25.3 Å². The Hall–Kier alpha value is -3.25. The summed E-state index contributed by atoms with van der Waals surface area (Å²) in [5, 5.41) is 13.3. The number of rotatable bonds is 12. The zero-order valence-electron chi connectivity index (χ0n) is 23.2. The summed E-state index contributed by atoms with van der Waals surface area (Å²) in [6.07, 6.45) is 6.86. The fraction of sp³-hybridized carbons (Fsp3) is 0.455. The van der Waals surface area contributed by atoms with Crippen LogP contribution in [0.3, 0.4) is 0 Å². The minimum absolute atomic E-state index is 0.307. The second-order valence-corrected chi connectivity index (χ2v) is 10.9. The van der Waals surface area contributed by atoms with E-state index in [1.165, 1.54) is 36.0 Å². The summed E-state index contributed by atoms with van der Waals surface area (Å²) in [6, 6.07) is 17.4. The zero-order valence-corrected chi connectivity index (χ0v) is 23.2. The Morgan fingerprint density at radius 1 is 1.03 bits per heavy atom. The first-order valence-electron chi connectivity index (χ1n) is 14.4. The summed E-state index contributed by atoms with van der Waals surface area (Å²) in [6.45, 7) is 5.72. The van der Waals surface area contributed by atoms with Gasteiger partial charge >= 0.3 is 0 Å². The van der Waals surface area contributed by atoms with Gasteiger partial charge in [0, 0.05) is 31.4 Å². The number of fused-ring (bicyclic) bond motifs is 1. The number of methoxy groups -OCH3 is 1. The van der Waals surface area contributed by atoms with Gasteiger partial charge in [0.2, 0.25) is 0 Å². The summed E-state index contributed by atoms with van der Waals surface area (Å²) in [4.78, 5) is 2.30. The van der Waals surface area contributed by atoms with Crippen LogP contribution in [0.4, 0.5) is 10.1 Å². The number of aromatic hydroxyl groups is 1. The van der Waals surface area contributed by atoms with Crippen molar-refractivity contribution in [3.8, 4) is 17.2 Å². The molecule has 39 heavy (non-hydrogen) atoms. The summed E-state index contributed by atoms with van der Waals surface area (Å²) in [5.74, 6) is 2.30. The first-order chi connectivity index (χ1) is 19.0. The average Bonchev–Trinajstić information content (AvgIpc) is 2.93. The van der Waals surface area contributed by atoms with E-state index in [2.05, 4.69) is 35.3 Å². The smallest absolute Gasteiger partial charge is 0.165 e. The largest absolute Gasteiger partial charge is 0.508 e. The van der Waals surface area contributed by atoms with Crippen LogP contribution >= 0.6 is 0 Å². The second kappa shape index (κ2) is 12.7. The Labute approximate surface area is 232 Å². The monoisotopic (exact) mass is 532 g/mol. The third-order valence-corrected chi connectivity index (χ3v) is 8.38. The van der Waals surface area contributed by atoms with Gasteiger partial charge in [-0.3, -0.25) is 0 Å². The van der Waals surface area contributed by atoms with Crippen molar-refractivity contribution in [1.82, 2.24) is 5.32 Å². The number of benzene rings is 3. The van der Waals surface area contributed by atoms with Crippen LogP contribution in [0.5, 0.6) is 17.2 Å². The molecule has 0 spiro atoms. The molecule has 0 radical (unpaired) electrons. The molecule has 1 atom stereocenters. The molecule has 1 fully saturated rings. The van der Waals surface area contributed by atoms with Crippen molar-refractivity contribution >= 4 is 5.69 Å². The molecule has 0 aliphatic heterocycles. The van der Waals surface area contributed by atoms with Crippen molar-refractivity contribution < 1.29 is 19.0 Å². The minimum Gasteiger partial charge on any atom is -0.508 e. The van der Waals surface area contributed by atoms with E-state index in [1.807, 2.05) is 18.2 Å². The quantitative estimate of drug-likeness (QED) is 0.257. The van der Waals surface area contributed by atoms with E-state index in [9.17, 15) is 9.50 Å². The normalized spacial score (nSPS) is 16.8. The number of anilines is 1. The molecule has 2 aliphatic rings. The number of ether oxygens (including phenoxy) is 2. The van der Waals surface area contributed by atoms with Crippen molar-refractivity contribution in [3.05, 3.63) is 82.7 Å². The molecule has 5 rings (SSSR count). The topological polar surface area (TPSA) is 54.0 Å². The lowest BCUT2D eigenvalue weighted by Gasteiger charge is -2.32. The molecule has 208 valence electrons. The molecule has 0 heterocycles. The molecule has 0 aromatic heterocycles. The van der Waals surface area contributed by atoms with Crippen molar-refractivity contribution in [2.24, 2.45) is 5.92 Å². The number of hydrogen-bond acceptors (Lipinski definition) is 5. The van der Waals surface area contributed by atoms with Crippen molar-refractivity contribution in [2.45, 2.75) is 57.9 Å². The number of aryl methyl sites for hydroxylation is 1. The van der Waals surface area contributed by atoms with Gasteiger partial charge < -0.3 is 24.8 Å². The molecule has 3 aromatic rings. The molecule has 1 saturated carbocycles. The van der Waals surface area contributed by atoms with E-state index in [-0.39, 0.29) is 5.82 Å². The standard InChI is InChI=1S/C33H41FN2O3/c1-3-36(22-24-7-14-33(31(34)17-24)39-16-15-35-21-23-5-4-6-23)32-20-29(38-2)12-13-30(32)27-9-8-26-19-28(37)11-10-25(26)18-27/h7,10-14,17,19-20,23,27,35,37H,3-6,8-9,15-16,18,21-22H2,1-2H3. The number of nitrogens with one attached hydrogen (secondary N) is 1. The summed E-state index contributed by atoms with van der Waals surface area (Å²) in [7, 11) is 1.69. The number of phenols is 1. The molecular weight excluding hydrogens is 491 g/mol. The molecule has 0 amide bonds. The minimum atomic E-state index is -0.319. The summed E-state index contributed by atoms with van der Waals surface area (Å²) >= 11 is 0. The Bertz CT molecular complexity index is 1260. The Morgan fingerprint density at radius 2 is 1.90 bits per heavy atom. The highest BCUT2D eigenvalue weighted by Crippen LogP contribution is 2.40. The highest BCUT2D eigenvalue weighted by molar-refractivity contribution is 5.60. The van der Waals surface area contributed by atoms with E-state index < -0.39 is 0 Å².